The largest absolute Gasteiger partial charge is 0.497 e. The lowest BCUT2D eigenvalue weighted by atomic mass is 10.1. The molecule has 0 atom stereocenters. The maximum Gasteiger partial charge on any atom is 0.258 e. The summed E-state index contributed by atoms with van der Waals surface area (Å²) in [6.45, 7) is 0. The average Bonchev–Trinajstić information content (AvgIpc) is 3.02. The highest BCUT2D eigenvalue weighted by atomic mass is 16.5. The molecule has 1 amide bonds. The van der Waals surface area contributed by atoms with Crippen LogP contribution in [-0.4, -0.2) is 25.0 Å². The second-order valence-corrected chi connectivity index (χ2v) is 4.43. The van der Waals surface area contributed by atoms with Gasteiger partial charge in [0.15, 0.2) is 0 Å². The Labute approximate surface area is 111 Å². The standard InChI is InChI=1S/C15H14N2O2/c1-17-14-6-5-11(19-2)9-12(14)13(15(17)18)8-10-4-3-7-16-10/h3-9,16H,1-2H3. The van der Waals surface area contributed by atoms with Crippen LogP contribution in [0.15, 0.2) is 36.5 Å². The molecule has 0 saturated carbocycles. The molecule has 0 bridgehead atoms. The van der Waals surface area contributed by atoms with Crippen LogP contribution in [0.25, 0.3) is 11.6 Å². The van der Waals surface area contributed by atoms with E-state index in [1.54, 1.807) is 19.1 Å². The summed E-state index contributed by atoms with van der Waals surface area (Å²) < 4.78 is 5.23. The van der Waals surface area contributed by atoms with Crippen LogP contribution in [0.4, 0.5) is 5.69 Å². The molecule has 1 aromatic heterocycles. The monoisotopic (exact) mass is 254 g/mol. The van der Waals surface area contributed by atoms with Gasteiger partial charge in [0.1, 0.15) is 5.75 Å². The van der Waals surface area contributed by atoms with E-state index in [9.17, 15) is 4.79 Å². The Bertz CT molecular complexity index is 657. The second kappa shape index (κ2) is 4.31. The van der Waals surface area contributed by atoms with Crippen molar-refractivity contribution in [2.24, 2.45) is 0 Å². The Hall–Kier alpha value is -2.49. The fourth-order valence-corrected chi connectivity index (χ4v) is 2.28. The molecule has 4 heteroatoms. The van der Waals surface area contributed by atoms with Crippen LogP contribution >= 0.6 is 0 Å². The van der Waals surface area contributed by atoms with Crippen molar-refractivity contribution in [2.75, 3.05) is 19.1 Å². The Morgan fingerprint density at radius 2 is 2.16 bits per heavy atom. The number of rotatable bonds is 2. The summed E-state index contributed by atoms with van der Waals surface area (Å²) in [4.78, 5) is 17.0. The van der Waals surface area contributed by atoms with Crippen LogP contribution in [0.5, 0.6) is 5.75 Å². The molecule has 1 aromatic carbocycles. The number of fused-ring (bicyclic) bond motifs is 1. The first-order chi connectivity index (χ1) is 9.20. The van der Waals surface area contributed by atoms with Crippen LogP contribution < -0.4 is 9.64 Å². The molecule has 2 heterocycles. The van der Waals surface area contributed by atoms with E-state index in [0.717, 1.165) is 22.7 Å². The summed E-state index contributed by atoms with van der Waals surface area (Å²) in [6, 6.07) is 9.49. The minimum atomic E-state index is -0.00199. The van der Waals surface area contributed by atoms with E-state index in [2.05, 4.69) is 4.98 Å². The van der Waals surface area contributed by atoms with Gasteiger partial charge in [-0.1, -0.05) is 0 Å². The Balaban J connectivity index is 2.15. The second-order valence-electron chi connectivity index (χ2n) is 4.43. The van der Waals surface area contributed by atoms with Crippen molar-refractivity contribution in [3.63, 3.8) is 0 Å². The number of hydrogen-bond donors (Lipinski definition) is 1. The summed E-state index contributed by atoms with van der Waals surface area (Å²) in [7, 11) is 3.40. The number of methoxy groups -OCH3 is 1. The van der Waals surface area contributed by atoms with E-state index < -0.39 is 0 Å². The first kappa shape index (κ1) is 11.6. The molecular formula is C15H14N2O2. The summed E-state index contributed by atoms with van der Waals surface area (Å²) >= 11 is 0. The topological polar surface area (TPSA) is 45.3 Å². The molecule has 0 aliphatic carbocycles. The zero-order valence-corrected chi connectivity index (χ0v) is 10.8. The van der Waals surface area contributed by atoms with Crippen LogP contribution in [0.3, 0.4) is 0 Å². The molecule has 3 rings (SSSR count). The summed E-state index contributed by atoms with van der Waals surface area (Å²) in [5, 5.41) is 0. The van der Waals surface area contributed by atoms with Gasteiger partial charge in [0.25, 0.3) is 5.91 Å². The van der Waals surface area contributed by atoms with E-state index in [0.29, 0.717) is 5.57 Å². The predicted molar refractivity (Wildman–Crippen MR) is 75.1 cm³/mol. The fraction of sp³-hybridized carbons (Fsp3) is 0.133. The van der Waals surface area contributed by atoms with Crippen molar-refractivity contribution in [2.45, 2.75) is 0 Å². The Morgan fingerprint density at radius 1 is 1.32 bits per heavy atom. The summed E-state index contributed by atoms with van der Waals surface area (Å²) in [5.74, 6) is 0.747. The average molecular weight is 254 g/mol. The van der Waals surface area contributed by atoms with E-state index in [1.165, 1.54) is 0 Å². The van der Waals surface area contributed by atoms with Gasteiger partial charge in [0.05, 0.1) is 18.4 Å². The summed E-state index contributed by atoms with van der Waals surface area (Å²) in [6.07, 6.45) is 3.70. The van der Waals surface area contributed by atoms with Gasteiger partial charge in [-0.15, -0.1) is 0 Å². The van der Waals surface area contributed by atoms with Crippen LogP contribution in [-0.2, 0) is 4.79 Å². The Morgan fingerprint density at radius 3 is 2.84 bits per heavy atom. The number of nitrogens with one attached hydrogen (secondary N) is 1. The summed E-state index contributed by atoms with van der Waals surface area (Å²) in [5.41, 5.74) is 3.40. The van der Waals surface area contributed by atoms with Gasteiger partial charge >= 0.3 is 0 Å². The van der Waals surface area contributed by atoms with E-state index >= 15 is 0 Å². The number of carbonyl (C=O) groups excluding carboxylic acids is 1. The van der Waals surface area contributed by atoms with Gasteiger partial charge in [-0.2, -0.15) is 0 Å². The van der Waals surface area contributed by atoms with Crippen LogP contribution in [0, 0.1) is 0 Å². The van der Waals surface area contributed by atoms with Crippen molar-refractivity contribution in [3.05, 3.63) is 47.8 Å². The molecule has 0 saturated heterocycles. The number of hydrogen-bond acceptors (Lipinski definition) is 2. The number of H-pyrrole nitrogens is 1. The van der Waals surface area contributed by atoms with Crippen molar-refractivity contribution in [1.29, 1.82) is 0 Å². The molecule has 0 spiro atoms. The smallest absolute Gasteiger partial charge is 0.258 e. The molecule has 96 valence electrons. The maximum atomic E-state index is 12.3. The van der Waals surface area contributed by atoms with Crippen molar-refractivity contribution < 1.29 is 9.53 Å². The minimum absolute atomic E-state index is 0.00199. The van der Waals surface area contributed by atoms with E-state index in [-0.39, 0.29) is 5.91 Å². The third kappa shape index (κ3) is 1.81. The third-order valence-corrected chi connectivity index (χ3v) is 3.31. The quantitative estimate of drug-likeness (QED) is 0.837. The predicted octanol–water partition coefficient (Wildman–Crippen LogP) is 2.54. The first-order valence-electron chi connectivity index (χ1n) is 6.02. The molecular weight excluding hydrogens is 240 g/mol. The van der Waals surface area contributed by atoms with Gasteiger partial charge in [-0.05, 0) is 36.4 Å². The van der Waals surface area contributed by atoms with Gasteiger partial charge in [0.2, 0.25) is 0 Å². The third-order valence-electron chi connectivity index (χ3n) is 3.31. The highest BCUT2D eigenvalue weighted by Crippen LogP contribution is 2.38. The molecule has 0 radical (unpaired) electrons. The molecule has 1 aliphatic heterocycles. The van der Waals surface area contributed by atoms with E-state index in [4.69, 9.17) is 4.74 Å². The zero-order valence-electron chi connectivity index (χ0n) is 10.8. The van der Waals surface area contributed by atoms with Gasteiger partial charge in [0, 0.05) is 24.5 Å². The lowest BCUT2D eigenvalue weighted by molar-refractivity contribution is -0.112. The fourth-order valence-electron chi connectivity index (χ4n) is 2.28. The number of likely N-dealkylation sites (N-methyl/N-ethyl adjacent to an activating group) is 1. The van der Waals surface area contributed by atoms with Crippen molar-refractivity contribution >= 4 is 23.2 Å². The SMILES string of the molecule is COc1ccc2c(c1)C(=Cc1ccc[nH]1)C(=O)N2C. The highest BCUT2D eigenvalue weighted by molar-refractivity contribution is 6.35. The number of ether oxygens (including phenoxy) is 1. The zero-order chi connectivity index (χ0) is 13.4. The Kier molecular flexibility index (Phi) is 2.63. The van der Waals surface area contributed by atoms with Crippen molar-refractivity contribution in [1.82, 2.24) is 4.98 Å². The number of amides is 1. The molecule has 2 aromatic rings. The van der Waals surface area contributed by atoms with Gasteiger partial charge < -0.3 is 14.6 Å². The highest BCUT2D eigenvalue weighted by Gasteiger charge is 2.29. The van der Waals surface area contributed by atoms with Gasteiger partial charge in [-0.3, -0.25) is 4.79 Å². The van der Waals surface area contributed by atoms with Crippen LogP contribution in [0.1, 0.15) is 11.3 Å². The molecule has 19 heavy (non-hydrogen) atoms. The minimum Gasteiger partial charge on any atom is -0.497 e. The number of benzene rings is 1. The van der Waals surface area contributed by atoms with Gasteiger partial charge in [-0.25, -0.2) is 0 Å². The van der Waals surface area contributed by atoms with E-state index in [1.807, 2.05) is 42.6 Å². The molecule has 0 fully saturated rings. The molecule has 4 nitrogen and oxygen atoms in total. The first-order valence-corrected chi connectivity index (χ1v) is 6.02. The normalized spacial score (nSPS) is 16.0. The number of anilines is 1. The molecule has 1 N–H and O–H groups in total. The lowest BCUT2D eigenvalue weighted by Gasteiger charge is -2.09. The lowest BCUT2D eigenvalue weighted by Crippen LogP contribution is -2.20. The number of aromatic nitrogens is 1. The number of carbonyl (C=O) groups is 1. The maximum absolute atomic E-state index is 12.3. The molecule has 1 aliphatic rings. The number of nitrogens with zero attached hydrogens (tertiary/aromatic N) is 1. The number of aromatic amines is 1. The van der Waals surface area contributed by atoms with Crippen molar-refractivity contribution in [3.8, 4) is 5.75 Å². The van der Waals surface area contributed by atoms with Crippen LogP contribution in [0.2, 0.25) is 0 Å². The molecule has 0 unspecified atom stereocenters.